The molecule has 0 atom stereocenters. The predicted octanol–water partition coefficient (Wildman–Crippen LogP) is 3.24. The quantitative estimate of drug-likeness (QED) is 0.721. The van der Waals surface area contributed by atoms with Crippen LogP contribution in [0, 0.1) is 25.2 Å². The molecule has 1 aromatic carbocycles. The van der Waals surface area contributed by atoms with Gasteiger partial charge in [0.15, 0.2) is 0 Å². The van der Waals surface area contributed by atoms with Crippen molar-refractivity contribution in [3.05, 3.63) is 53.2 Å². The molecule has 0 bridgehead atoms. The number of nitrogens with zero attached hydrogens (tertiary/aromatic N) is 2. The average Bonchev–Trinajstić information content (AvgIpc) is 2.29. The maximum absolute atomic E-state index is 8.81. The molecule has 2 rings (SSSR count). The van der Waals surface area contributed by atoms with E-state index < -0.39 is 0 Å². The third-order valence-electron chi connectivity index (χ3n) is 2.52. The van der Waals surface area contributed by atoms with Crippen LogP contribution in [0.4, 0.5) is 0 Å². The topological polar surface area (TPSA) is 36.7 Å². The number of aryl methyl sites for hydroxylation is 2. The summed E-state index contributed by atoms with van der Waals surface area (Å²) in [5, 5.41) is 8.81. The van der Waals surface area contributed by atoms with Crippen molar-refractivity contribution in [2.24, 2.45) is 0 Å². The van der Waals surface area contributed by atoms with Crippen molar-refractivity contribution in [2.45, 2.75) is 13.8 Å². The van der Waals surface area contributed by atoms with Gasteiger partial charge in [0, 0.05) is 5.56 Å². The van der Waals surface area contributed by atoms with Crippen LogP contribution >= 0.6 is 0 Å². The van der Waals surface area contributed by atoms with E-state index in [1.807, 2.05) is 18.2 Å². The van der Waals surface area contributed by atoms with Gasteiger partial charge in [0.25, 0.3) is 0 Å². The molecule has 2 aromatic rings. The number of hydrogen-bond donors (Lipinski definition) is 0. The third-order valence-corrected chi connectivity index (χ3v) is 2.52. The van der Waals surface area contributed by atoms with Gasteiger partial charge < -0.3 is 0 Å². The molecule has 16 heavy (non-hydrogen) atoms. The molecule has 0 aliphatic carbocycles. The van der Waals surface area contributed by atoms with Crippen molar-refractivity contribution in [1.82, 2.24) is 4.98 Å². The molecule has 0 aliphatic rings. The molecule has 2 nitrogen and oxygen atoms in total. The van der Waals surface area contributed by atoms with Gasteiger partial charge in [0.1, 0.15) is 11.8 Å². The van der Waals surface area contributed by atoms with E-state index in [2.05, 4.69) is 37.0 Å². The van der Waals surface area contributed by atoms with Gasteiger partial charge >= 0.3 is 0 Å². The summed E-state index contributed by atoms with van der Waals surface area (Å²) < 4.78 is 0. The van der Waals surface area contributed by atoms with Crippen LogP contribution in [0.1, 0.15) is 16.8 Å². The zero-order chi connectivity index (χ0) is 11.5. The molecule has 2 heteroatoms. The minimum absolute atomic E-state index is 0.456. The normalized spacial score (nSPS) is 9.81. The Morgan fingerprint density at radius 2 is 1.94 bits per heavy atom. The fourth-order valence-electron chi connectivity index (χ4n) is 1.75. The monoisotopic (exact) mass is 208 g/mol. The van der Waals surface area contributed by atoms with Gasteiger partial charge in [-0.1, -0.05) is 29.8 Å². The summed E-state index contributed by atoms with van der Waals surface area (Å²) >= 11 is 0. The lowest BCUT2D eigenvalue weighted by Gasteiger charge is -2.06. The van der Waals surface area contributed by atoms with E-state index in [1.54, 1.807) is 6.07 Å². The first-order valence-electron chi connectivity index (χ1n) is 5.15. The van der Waals surface area contributed by atoms with Gasteiger partial charge in [0.05, 0.1) is 5.69 Å². The van der Waals surface area contributed by atoms with Crippen LogP contribution in [0.15, 0.2) is 36.4 Å². The summed E-state index contributed by atoms with van der Waals surface area (Å²) in [6, 6.07) is 13.8. The molecule has 0 radical (unpaired) electrons. The number of pyridine rings is 1. The molecule has 0 fully saturated rings. The van der Waals surface area contributed by atoms with E-state index >= 15 is 0 Å². The SMILES string of the molecule is Cc1ccc(-c2cccc(C#N)n2)c(C)c1. The van der Waals surface area contributed by atoms with Crippen LogP contribution in [0.25, 0.3) is 11.3 Å². The molecule has 1 aromatic heterocycles. The standard InChI is InChI=1S/C14H12N2/c1-10-6-7-13(11(2)8-10)14-5-3-4-12(9-15)16-14/h3-8H,1-2H3. The zero-order valence-corrected chi connectivity index (χ0v) is 9.36. The van der Waals surface area contributed by atoms with E-state index in [0.29, 0.717) is 5.69 Å². The van der Waals surface area contributed by atoms with E-state index in [-0.39, 0.29) is 0 Å². The smallest absolute Gasteiger partial charge is 0.141 e. The van der Waals surface area contributed by atoms with Crippen molar-refractivity contribution >= 4 is 0 Å². The Bertz CT molecular complexity index is 565. The Morgan fingerprint density at radius 1 is 1.12 bits per heavy atom. The number of aromatic nitrogens is 1. The molecule has 1 heterocycles. The predicted molar refractivity (Wildman–Crippen MR) is 63.9 cm³/mol. The van der Waals surface area contributed by atoms with Crippen LogP contribution in [-0.2, 0) is 0 Å². The molecule has 78 valence electrons. The second-order valence-electron chi connectivity index (χ2n) is 3.84. The van der Waals surface area contributed by atoms with Crippen molar-refractivity contribution in [1.29, 1.82) is 5.26 Å². The summed E-state index contributed by atoms with van der Waals surface area (Å²) in [4.78, 5) is 4.29. The Kier molecular flexibility index (Phi) is 2.70. The molecular formula is C14H12N2. The van der Waals surface area contributed by atoms with Crippen LogP contribution in [0.5, 0.6) is 0 Å². The lowest BCUT2D eigenvalue weighted by molar-refractivity contribution is 1.25. The molecule has 0 amide bonds. The lowest BCUT2D eigenvalue weighted by atomic mass is 10.0. The lowest BCUT2D eigenvalue weighted by Crippen LogP contribution is -1.90. The second kappa shape index (κ2) is 4.16. The molecule has 0 saturated heterocycles. The van der Waals surface area contributed by atoms with Crippen LogP contribution in [0.2, 0.25) is 0 Å². The van der Waals surface area contributed by atoms with Crippen LogP contribution in [-0.4, -0.2) is 4.98 Å². The minimum Gasteiger partial charge on any atom is -0.237 e. The van der Waals surface area contributed by atoms with Crippen molar-refractivity contribution in [3.8, 4) is 17.3 Å². The first kappa shape index (κ1) is 10.4. The van der Waals surface area contributed by atoms with Crippen LogP contribution in [0.3, 0.4) is 0 Å². The van der Waals surface area contributed by atoms with Crippen molar-refractivity contribution in [3.63, 3.8) is 0 Å². The van der Waals surface area contributed by atoms with Gasteiger partial charge in [-0.05, 0) is 31.5 Å². The second-order valence-corrected chi connectivity index (χ2v) is 3.84. The van der Waals surface area contributed by atoms with E-state index in [1.165, 1.54) is 11.1 Å². The highest BCUT2D eigenvalue weighted by atomic mass is 14.7. The first-order valence-corrected chi connectivity index (χ1v) is 5.15. The molecule has 0 unspecified atom stereocenters. The number of nitriles is 1. The molecule has 0 aliphatic heterocycles. The fourth-order valence-corrected chi connectivity index (χ4v) is 1.75. The summed E-state index contributed by atoms with van der Waals surface area (Å²) in [6.07, 6.45) is 0. The van der Waals surface area contributed by atoms with Gasteiger partial charge in [-0.15, -0.1) is 0 Å². The van der Waals surface area contributed by atoms with E-state index in [9.17, 15) is 0 Å². The number of rotatable bonds is 1. The molecular weight excluding hydrogens is 196 g/mol. The Hall–Kier alpha value is -2.14. The number of hydrogen-bond acceptors (Lipinski definition) is 2. The Labute approximate surface area is 95.2 Å². The highest BCUT2D eigenvalue weighted by Gasteiger charge is 2.03. The Balaban J connectivity index is 2.55. The average molecular weight is 208 g/mol. The maximum atomic E-state index is 8.81. The van der Waals surface area contributed by atoms with E-state index in [0.717, 1.165) is 11.3 Å². The molecule has 0 N–H and O–H groups in total. The van der Waals surface area contributed by atoms with Crippen molar-refractivity contribution < 1.29 is 0 Å². The van der Waals surface area contributed by atoms with Crippen LogP contribution < -0.4 is 0 Å². The summed E-state index contributed by atoms with van der Waals surface area (Å²) in [5.74, 6) is 0. The molecule has 0 spiro atoms. The zero-order valence-electron chi connectivity index (χ0n) is 9.36. The van der Waals surface area contributed by atoms with Gasteiger partial charge in [-0.2, -0.15) is 5.26 Å². The highest BCUT2D eigenvalue weighted by Crippen LogP contribution is 2.22. The Morgan fingerprint density at radius 3 is 2.62 bits per heavy atom. The summed E-state index contributed by atoms with van der Waals surface area (Å²) in [7, 11) is 0. The molecule has 0 saturated carbocycles. The highest BCUT2D eigenvalue weighted by molar-refractivity contribution is 5.64. The van der Waals surface area contributed by atoms with Crippen molar-refractivity contribution in [2.75, 3.05) is 0 Å². The first-order chi connectivity index (χ1) is 7.70. The van der Waals surface area contributed by atoms with Gasteiger partial charge in [-0.3, -0.25) is 0 Å². The number of benzene rings is 1. The summed E-state index contributed by atoms with van der Waals surface area (Å²) in [5.41, 5.74) is 4.82. The third kappa shape index (κ3) is 1.94. The minimum atomic E-state index is 0.456. The maximum Gasteiger partial charge on any atom is 0.141 e. The summed E-state index contributed by atoms with van der Waals surface area (Å²) in [6.45, 7) is 4.12. The van der Waals surface area contributed by atoms with Gasteiger partial charge in [0.2, 0.25) is 0 Å². The van der Waals surface area contributed by atoms with Gasteiger partial charge in [-0.25, -0.2) is 4.98 Å². The largest absolute Gasteiger partial charge is 0.237 e. The fraction of sp³-hybridized carbons (Fsp3) is 0.143. The van der Waals surface area contributed by atoms with E-state index in [4.69, 9.17) is 5.26 Å².